The van der Waals surface area contributed by atoms with E-state index in [0.29, 0.717) is 11.8 Å². The van der Waals surface area contributed by atoms with Gasteiger partial charge in [-0.05, 0) is 31.1 Å². The van der Waals surface area contributed by atoms with E-state index in [1.165, 1.54) is 12.8 Å². The van der Waals surface area contributed by atoms with Crippen molar-refractivity contribution in [1.29, 1.82) is 0 Å². The van der Waals surface area contributed by atoms with E-state index < -0.39 is 0 Å². The lowest BCUT2D eigenvalue weighted by molar-refractivity contribution is -0.0514. The van der Waals surface area contributed by atoms with Crippen LogP contribution in [0.4, 0.5) is 0 Å². The predicted octanol–water partition coefficient (Wildman–Crippen LogP) is 5.59. The summed E-state index contributed by atoms with van der Waals surface area (Å²) >= 11 is 0. The van der Waals surface area contributed by atoms with Gasteiger partial charge >= 0.3 is 0 Å². The third-order valence-electron chi connectivity index (χ3n) is 5.73. The lowest BCUT2D eigenvalue weighted by Crippen LogP contribution is -2.41. The van der Waals surface area contributed by atoms with E-state index in [9.17, 15) is 0 Å². The van der Waals surface area contributed by atoms with Crippen molar-refractivity contribution in [2.45, 2.75) is 79.2 Å². The second-order valence-electron chi connectivity index (χ2n) is 8.04. The van der Waals surface area contributed by atoms with Gasteiger partial charge in [0.15, 0.2) is 0 Å². The molecule has 0 aliphatic carbocycles. The van der Waals surface area contributed by atoms with Gasteiger partial charge in [-0.15, -0.1) is 0 Å². The highest BCUT2D eigenvalue weighted by Gasteiger charge is 2.37. The molecule has 0 aliphatic heterocycles. The van der Waals surface area contributed by atoms with Gasteiger partial charge in [0.25, 0.3) is 0 Å². The molecule has 0 radical (unpaired) electrons. The summed E-state index contributed by atoms with van der Waals surface area (Å²) in [6.45, 7) is 15.7. The molecule has 0 N–H and O–H groups in total. The van der Waals surface area contributed by atoms with Gasteiger partial charge in [-0.2, -0.15) is 0 Å². The maximum atomic E-state index is 5.64. The SMILES string of the molecule is CCCC(CCC)(CCOC)OC.COCC(COC)(C(C)C)C(C)C. The Morgan fingerprint density at radius 1 is 0.654 bits per heavy atom. The molecule has 0 aromatic heterocycles. The molecule has 4 nitrogen and oxygen atoms in total. The molecular formula is C22H48O4. The molecule has 0 rings (SSSR count). The van der Waals surface area contributed by atoms with Crippen LogP contribution in [0.25, 0.3) is 0 Å². The first-order valence-electron chi connectivity index (χ1n) is 10.3. The highest BCUT2D eigenvalue weighted by molar-refractivity contribution is 4.85. The van der Waals surface area contributed by atoms with Crippen LogP contribution in [0.5, 0.6) is 0 Å². The Kier molecular flexibility index (Phi) is 17.1. The largest absolute Gasteiger partial charge is 0.385 e. The van der Waals surface area contributed by atoms with Crippen LogP contribution < -0.4 is 0 Å². The normalized spacial score (nSPS) is 12.5. The molecule has 0 amide bonds. The lowest BCUT2D eigenvalue weighted by Gasteiger charge is -2.40. The molecule has 0 heterocycles. The Morgan fingerprint density at radius 3 is 1.31 bits per heavy atom. The van der Waals surface area contributed by atoms with Crippen LogP contribution in [0.2, 0.25) is 0 Å². The van der Waals surface area contributed by atoms with Crippen LogP contribution >= 0.6 is 0 Å². The average Bonchev–Trinajstić information content (AvgIpc) is 2.60. The number of methoxy groups -OCH3 is 4. The van der Waals surface area contributed by atoms with E-state index in [1.807, 2.05) is 7.11 Å². The zero-order valence-corrected chi connectivity index (χ0v) is 19.4. The van der Waals surface area contributed by atoms with Gasteiger partial charge in [-0.25, -0.2) is 0 Å². The van der Waals surface area contributed by atoms with E-state index in [1.54, 1.807) is 21.3 Å². The summed E-state index contributed by atoms with van der Waals surface area (Å²) in [6, 6.07) is 0. The van der Waals surface area contributed by atoms with E-state index >= 15 is 0 Å². The van der Waals surface area contributed by atoms with E-state index in [2.05, 4.69) is 41.5 Å². The minimum absolute atomic E-state index is 0.0690. The minimum atomic E-state index is 0.0690. The lowest BCUT2D eigenvalue weighted by atomic mass is 9.70. The molecule has 0 bridgehead atoms. The number of ether oxygens (including phenoxy) is 4. The molecule has 26 heavy (non-hydrogen) atoms. The Bertz CT molecular complexity index is 281. The standard InChI is InChI=1S/2C11H24O2/c1-9(2)11(7-12-5,8-13-6)10(3)4;1-5-7-11(13-4,8-6-2)9-10-12-3/h9-10H,7-8H2,1-6H3;5-10H2,1-4H3. The van der Waals surface area contributed by atoms with Crippen molar-refractivity contribution in [3.05, 3.63) is 0 Å². The van der Waals surface area contributed by atoms with Crippen molar-refractivity contribution in [2.24, 2.45) is 17.3 Å². The molecule has 0 fully saturated rings. The summed E-state index contributed by atoms with van der Waals surface area (Å²) in [6.07, 6.45) is 5.65. The van der Waals surface area contributed by atoms with Crippen molar-refractivity contribution >= 4 is 0 Å². The van der Waals surface area contributed by atoms with E-state index in [4.69, 9.17) is 18.9 Å². The van der Waals surface area contributed by atoms with Crippen molar-refractivity contribution in [2.75, 3.05) is 48.3 Å². The molecule has 0 aromatic carbocycles. The highest BCUT2D eigenvalue weighted by atomic mass is 16.5. The van der Waals surface area contributed by atoms with Crippen molar-refractivity contribution in [3.8, 4) is 0 Å². The van der Waals surface area contributed by atoms with Crippen LogP contribution in [0, 0.1) is 17.3 Å². The molecule has 0 unspecified atom stereocenters. The van der Waals surface area contributed by atoms with Crippen molar-refractivity contribution in [1.82, 2.24) is 0 Å². The van der Waals surface area contributed by atoms with Crippen LogP contribution in [0.15, 0.2) is 0 Å². The molecule has 0 saturated carbocycles. The van der Waals surface area contributed by atoms with Gasteiger partial charge in [-0.3, -0.25) is 0 Å². The Labute approximate surface area is 164 Å². The highest BCUT2D eigenvalue weighted by Crippen LogP contribution is 2.36. The van der Waals surface area contributed by atoms with Gasteiger partial charge < -0.3 is 18.9 Å². The van der Waals surface area contributed by atoms with Gasteiger partial charge in [-0.1, -0.05) is 54.4 Å². The number of rotatable bonds is 14. The quantitative estimate of drug-likeness (QED) is 0.396. The monoisotopic (exact) mass is 376 g/mol. The molecule has 4 heteroatoms. The summed E-state index contributed by atoms with van der Waals surface area (Å²) in [4.78, 5) is 0. The number of hydrogen-bond donors (Lipinski definition) is 0. The van der Waals surface area contributed by atoms with Gasteiger partial charge in [0.2, 0.25) is 0 Å². The summed E-state index contributed by atoms with van der Waals surface area (Å²) in [5, 5.41) is 0. The van der Waals surface area contributed by atoms with Crippen LogP contribution in [0.1, 0.15) is 73.6 Å². The summed E-state index contributed by atoms with van der Waals surface area (Å²) < 4.78 is 21.4. The first kappa shape index (κ1) is 28.1. The first-order valence-corrected chi connectivity index (χ1v) is 10.3. The molecule has 0 spiro atoms. The predicted molar refractivity (Wildman–Crippen MR) is 112 cm³/mol. The maximum Gasteiger partial charge on any atom is 0.0700 e. The average molecular weight is 377 g/mol. The maximum absolute atomic E-state index is 5.64. The number of hydrogen-bond acceptors (Lipinski definition) is 4. The third-order valence-corrected chi connectivity index (χ3v) is 5.73. The summed E-state index contributed by atoms with van der Waals surface area (Å²) in [7, 11) is 7.09. The summed E-state index contributed by atoms with van der Waals surface area (Å²) in [5.41, 5.74) is 0.225. The fraction of sp³-hybridized carbons (Fsp3) is 1.00. The Hall–Kier alpha value is -0.160. The Morgan fingerprint density at radius 2 is 1.08 bits per heavy atom. The van der Waals surface area contributed by atoms with Crippen molar-refractivity contribution < 1.29 is 18.9 Å². The van der Waals surface area contributed by atoms with Crippen molar-refractivity contribution in [3.63, 3.8) is 0 Å². The zero-order valence-electron chi connectivity index (χ0n) is 19.4. The minimum Gasteiger partial charge on any atom is -0.385 e. The molecule has 0 saturated heterocycles. The first-order chi connectivity index (χ1) is 12.3. The molecule has 0 aromatic rings. The molecular weight excluding hydrogens is 328 g/mol. The van der Waals surface area contributed by atoms with Gasteiger partial charge in [0.05, 0.1) is 18.8 Å². The molecule has 0 aliphatic rings. The van der Waals surface area contributed by atoms with Crippen LogP contribution in [0.3, 0.4) is 0 Å². The van der Waals surface area contributed by atoms with E-state index in [-0.39, 0.29) is 11.0 Å². The van der Waals surface area contributed by atoms with Gasteiger partial charge in [0.1, 0.15) is 0 Å². The van der Waals surface area contributed by atoms with Gasteiger partial charge in [0, 0.05) is 40.5 Å². The smallest absolute Gasteiger partial charge is 0.0700 e. The fourth-order valence-electron chi connectivity index (χ4n) is 3.79. The van der Waals surface area contributed by atoms with Crippen LogP contribution in [-0.4, -0.2) is 53.9 Å². The Balaban J connectivity index is 0. The third kappa shape index (κ3) is 9.68. The molecule has 160 valence electrons. The topological polar surface area (TPSA) is 36.9 Å². The second-order valence-corrected chi connectivity index (χ2v) is 8.04. The summed E-state index contributed by atoms with van der Waals surface area (Å²) in [5.74, 6) is 1.15. The van der Waals surface area contributed by atoms with Crippen LogP contribution in [-0.2, 0) is 18.9 Å². The fourth-order valence-corrected chi connectivity index (χ4v) is 3.79. The molecule has 0 atom stereocenters. The zero-order chi connectivity index (χ0) is 20.6. The van der Waals surface area contributed by atoms with E-state index in [0.717, 1.165) is 39.1 Å². The second kappa shape index (κ2) is 15.9.